The molecule has 1 amide bonds. The molecular weight excluding hydrogens is 546 g/mol. The molecule has 0 saturated heterocycles. The largest absolute Gasteiger partial charge is 1.00 e. The van der Waals surface area contributed by atoms with Crippen molar-refractivity contribution in [1.29, 1.82) is 0 Å². The molecule has 0 fully saturated rings. The van der Waals surface area contributed by atoms with Gasteiger partial charge in [-0.1, -0.05) is 62.3 Å². The van der Waals surface area contributed by atoms with Crippen LogP contribution in [-0.4, -0.2) is 38.9 Å². The number of carboxylic acids is 1. The van der Waals surface area contributed by atoms with E-state index in [9.17, 15) is 29.3 Å². The van der Waals surface area contributed by atoms with Crippen LogP contribution < -0.4 is 40.0 Å². The smallest absolute Gasteiger partial charge is 0.550 e. The Bertz CT molecular complexity index is 1720. The number of para-hydroxylation sites is 1. The summed E-state index contributed by atoms with van der Waals surface area (Å²) in [6.45, 7) is 3.79. The maximum Gasteiger partial charge on any atom is 1.00 e. The van der Waals surface area contributed by atoms with Crippen molar-refractivity contribution < 1.29 is 65.7 Å². The van der Waals surface area contributed by atoms with Gasteiger partial charge in [0.2, 0.25) is 0 Å². The van der Waals surface area contributed by atoms with E-state index in [1.807, 2.05) is 18.4 Å². The van der Waals surface area contributed by atoms with Crippen molar-refractivity contribution in [2.45, 2.75) is 57.8 Å². The zero-order valence-corrected chi connectivity index (χ0v) is 25.7. The zero-order valence-electron chi connectivity index (χ0n) is 28.7. The Labute approximate surface area is 274 Å². The third-order valence-corrected chi connectivity index (χ3v) is 6.63. The van der Waals surface area contributed by atoms with Gasteiger partial charge in [0, 0.05) is 35.9 Å². The molecule has 4 aromatic rings. The fourth-order valence-corrected chi connectivity index (χ4v) is 4.97. The number of rotatable bonds is 12. The van der Waals surface area contributed by atoms with Gasteiger partial charge in [-0.05, 0) is 66.2 Å². The Morgan fingerprint density at radius 1 is 0.976 bits per heavy atom. The number of anilines is 1. The van der Waals surface area contributed by atoms with Crippen molar-refractivity contribution >= 4 is 17.6 Å². The predicted molar refractivity (Wildman–Crippen MR) is 155 cm³/mol. The Balaban J connectivity index is 0.00000600. The third-order valence-electron chi connectivity index (χ3n) is 6.63. The van der Waals surface area contributed by atoms with E-state index in [-0.39, 0.29) is 60.4 Å². The van der Waals surface area contributed by atoms with Crippen LogP contribution in [-0.2, 0) is 11.3 Å². The van der Waals surface area contributed by atoms with E-state index in [2.05, 4.69) is 5.32 Å². The Morgan fingerprint density at radius 2 is 1.62 bits per heavy atom. The number of aromatic nitrogens is 1. The van der Waals surface area contributed by atoms with Crippen LogP contribution in [0.1, 0.15) is 61.9 Å². The molecule has 0 radical (unpaired) electrons. The molecular formula is C33H34FN2NaO5. The Hall–Kier alpha value is -3.27. The van der Waals surface area contributed by atoms with Gasteiger partial charge in [0.1, 0.15) is 5.82 Å². The molecule has 0 bridgehead atoms. The van der Waals surface area contributed by atoms with E-state index in [0.717, 1.165) is 0 Å². The molecule has 1 aromatic heterocycles. The Kier molecular flexibility index (Phi) is 9.59. The predicted octanol–water partition coefficient (Wildman–Crippen LogP) is 1.98. The molecule has 0 aliphatic heterocycles. The number of benzene rings is 3. The van der Waals surface area contributed by atoms with E-state index in [4.69, 9.17) is 6.85 Å². The van der Waals surface area contributed by atoms with Gasteiger partial charge in [0.05, 0.1) is 30.3 Å². The van der Waals surface area contributed by atoms with Crippen molar-refractivity contribution in [3.8, 4) is 22.4 Å². The molecule has 0 aliphatic rings. The van der Waals surface area contributed by atoms with Crippen LogP contribution >= 0.6 is 0 Å². The van der Waals surface area contributed by atoms with Gasteiger partial charge in [-0.2, -0.15) is 0 Å². The number of aliphatic carboxylic acids is 1. The normalized spacial score (nSPS) is 14.1. The van der Waals surface area contributed by atoms with Crippen molar-refractivity contribution in [1.82, 2.24) is 4.57 Å². The number of nitrogens with zero attached hydrogens (tertiary/aromatic N) is 1. The van der Waals surface area contributed by atoms with Crippen molar-refractivity contribution in [2.24, 2.45) is 0 Å². The first kappa shape index (κ1) is 26.4. The second-order valence-electron chi connectivity index (χ2n) is 10.0. The Morgan fingerprint density at radius 3 is 2.21 bits per heavy atom. The number of hydrogen-bond donors (Lipinski definition) is 3. The molecule has 3 aromatic carbocycles. The number of amides is 1. The molecule has 3 N–H and O–H groups in total. The van der Waals surface area contributed by atoms with Crippen LogP contribution in [0, 0.1) is 5.82 Å². The van der Waals surface area contributed by atoms with E-state index < -0.39 is 72.2 Å². The van der Waals surface area contributed by atoms with Crippen LogP contribution in [0.25, 0.3) is 22.4 Å². The van der Waals surface area contributed by atoms with Gasteiger partial charge in [-0.15, -0.1) is 0 Å². The summed E-state index contributed by atoms with van der Waals surface area (Å²) in [4.78, 5) is 25.2. The summed E-state index contributed by atoms with van der Waals surface area (Å²) in [5, 5.41) is 34.3. The van der Waals surface area contributed by atoms with Gasteiger partial charge in [-0.3, -0.25) is 4.79 Å². The number of hydrogen-bond acceptors (Lipinski definition) is 5. The first-order valence-electron chi connectivity index (χ1n) is 15.7. The topological polar surface area (TPSA) is 115 Å². The fourth-order valence-electron chi connectivity index (χ4n) is 4.97. The van der Waals surface area contributed by atoms with Gasteiger partial charge in [-0.25, -0.2) is 4.39 Å². The van der Waals surface area contributed by atoms with Gasteiger partial charge < -0.3 is 30.0 Å². The molecule has 9 heteroatoms. The van der Waals surface area contributed by atoms with E-state index in [1.54, 1.807) is 42.5 Å². The molecule has 0 saturated carbocycles. The van der Waals surface area contributed by atoms with Gasteiger partial charge in [0.15, 0.2) is 0 Å². The average Bonchev–Trinajstić information content (AvgIpc) is 3.36. The van der Waals surface area contributed by atoms with Crippen LogP contribution in [0.3, 0.4) is 0 Å². The number of carboxylic acid groups (broad SMARTS) is 1. The minimum absolute atomic E-state index is 0. The summed E-state index contributed by atoms with van der Waals surface area (Å²) in [5.74, 6) is -3.01. The summed E-state index contributed by atoms with van der Waals surface area (Å²) in [6, 6.07) is 11.6. The number of aliphatic hydroxyl groups is 2. The molecule has 0 spiro atoms. The molecule has 7 nitrogen and oxygen atoms in total. The number of carbonyl (C=O) groups excluding carboxylic acids is 2. The summed E-state index contributed by atoms with van der Waals surface area (Å²) in [5.41, 5.74) is 2.34. The molecule has 42 heavy (non-hydrogen) atoms. The first-order valence-corrected chi connectivity index (χ1v) is 13.2. The maximum atomic E-state index is 14.3. The van der Waals surface area contributed by atoms with E-state index in [1.165, 1.54) is 12.1 Å². The molecule has 4 rings (SSSR count). The fraction of sp³-hybridized carbons (Fsp3) is 0.273. The van der Waals surface area contributed by atoms with E-state index >= 15 is 0 Å². The summed E-state index contributed by atoms with van der Waals surface area (Å²) >= 11 is 0. The van der Waals surface area contributed by atoms with Crippen molar-refractivity contribution in [2.75, 3.05) is 5.32 Å². The second-order valence-corrected chi connectivity index (χ2v) is 10.0. The SMILES string of the molecule is [2H]c1c([2H])c([2H])c(NC(=O)c2c(-c3ccccc3)c(-c3ccc(F)cc3)n(CC[C@@H](O)C[C@@H](O)CC(=O)[O-])c2C(C)C)c([2H])c1[2H].[Na+]. The van der Waals surface area contributed by atoms with Crippen LogP contribution in [0.5, 0.6) is 0 Å². The number of carbonyl (C=O) groups is 2. The minimum atomic E-state index is -1.45. The molecule has 214 valence electrons. The summed E-state index contributed by atoms with van der Waals surface area (Å²) in [7, 11) is 0. The third kappa shape index (κ3) is 8.18. The zero-order chi connectivity index (χ0) is 33.9. The molecule has 2 atom stereocenters. The standard InChI is InChI=1S/C33H35FN2O5.Na/c1-21(2)31-30(33(41)35-25-11-7-4-8-12-25)29(22-9-5-3-6-10-22)32(23-13-15-24(34)16-14-23)36(31)18-17-26(37)19-27(38)20-28(39)40;/h3-16,21,26-27,37-38H,17-20H2,1-2H3,(H,35,41)(H,39,40);/q;+1/p-1/t26-,27-;/m1./s1/i4D,7D,8D,11D,12D;. The van der Waals surface area contributed by atoms with Crippen LogP contribution in [0.15, 0.2) is 84.8 Å². The summed E-state index contributed by atoms with van der Waals surface area (Å²) in [6.07, 6.45) is -3.28. The molecule has 0 aliphatic carbocycles. The maximum absolute atomic E-state index is 14.3. The second kappa shape index (κ2) is 15.3. The van der Waals surface area contributed by atoms with Crippen molar-refractivity contribution in [3.63, 3.8) is 0 Å². The van der Waals surface area contributed by atoms with E-state index in [0.29, 0.717) is 28.1 Å². The molecule has 0 unspecified atom stereocenters. The quantitative estimate of drug-likeness (QED) is 0.220. The summed E-state index contributed by atoms with van der Waals surface area (Å²) < 4.78 is 56.6. The van der Waals surface area contributed by atoms with Crippen molar-refractivity contribution in [3.05, 3.63) is 102 Å². The van der Waals surface area contributed by atoms with Crippen LogP contribution in [0.2, 0.25) is 0 Å². The average molecular weight is 586 g/mol. The van der Waals surface area contributed by atoms with Gasteiger partial charge >= 0.3 is 29.6 Å². The number of nitrogens with one attached hydrogen (secondary N) is 1. The first-order chi connectivity index (χ1) is 21.7. The number of aliphatic hydroxyl groups excluding tert-OH is 2. The molecule has 1 heterocycles. The minimum Gasteiger partial charge on any atom is -0.550 e. The van der Waals surface area contributed by atoms with Crippen LogP contribution in [0.4, 0.5) is 10.1 Å². The number of halogens is 1. The van der Waals surface area contributed by atoms with Gasteiger partial charge in [0.25, 0.3) is 5.91 Å². The monoisotopic (exact) mass is 585 g/mol.